The molecule has 9 heteroatoms. The lowest BCUT2D eigenvalue weighted by Gasteiger charge is -2.34. The molecule has 1 rings (SSSR count). The van der Waals surface area contributed by atoms with Gasteiger partial charge in [0.2, 0.25) is 0 Å². The first kappa shape index (κ1) is 21.4. The molecule has 1 amide bonds. The number of alkyl halides is 3. The highest BCUT2D eigenvalue weighted by Gasteiger charge is 2.28. The lowest BCUT2D eigenvalue weighted by molar-refractivity contribution is -0.132. The van der Waals surface area contributed by atoms with Crippen LogP contribution in [0.4, 0.5) is 18.0 Å². The molecule has 0 radical (unpaired) electrons. The second-order valence-corrected chi connectivity index (χ2v) is 7.18. The first-order chi connectivity index (χ1) is 11.5. The molecule has 1 heterocycles. The van der Waals surface area contributed by atoms with Crippen LogP contribution in [0.2, 0.25) is 0 Å². The fraction of sp³-hybridized carbons (Fsp3) is 0.875. The Morgan fingerprint density at radius 1 is 1.28 bits per heavy atom. The third kappa shape index (κ3) is 9.40. The largest absolute Gasteiger partial charge is 0.444 e. The van der Waals surface area contributed by atoms with E-state index in [4.69, 9.17) is 4.74 Å². The number of guanidine groups is 1. The van der Waals surface area contributed by atoms with Gasteiger partial charge in [-0.1, -0.05) is 0 Å². The fourth-order valence-electron chi connectivity index (χ4n) is 2.51. The molecule has 0 aromatic heterocycles. The molecular formula is C16H29F3N4O2. The van der Waals surface area contributed by atoms with Crippen LogP contribution in [0, 0.1) is 5.92 Å². The number of carbonyl (C=O) groups excluding carboxylic acids is 1. The second-order valence-electron chi connectivity index (χ2n) is 7.18. The Bertz CT molecular complexity index is 461. The van der Waals surface area contributed by atoms with Crippen molar-refractivity contribution in [3.8, 4) is 0 Å². The molecule has 2 N–H and O–H groups in total. The molecule has 146 valence electrons. The van der Waals surface area contributed by atoms with Gasteiger partial charge < -0.3 is 20.3 Å². The first-order valence-corrected chi connectivity index (χ1v) is 8.49. The van der Waals surface area contributed by atoms with Crippen LogP contribution in [-0.4, -0.2) is 62.0 Å². The van der Waals surface area contributed by atoms with Gasteiger partial charge in [0.05, 0.1) is 6.42 Å². The van der Waals surface area contributed by atoms with Crippen LogP contribution in [0.5, 0.6) is 0 Å². The SMILES string of the molecule is CN=C(NCCC(F)(F)F)NCC1CCCN(C(=O)OC(C)(C)C)C1. The van der Waals surface area contributed by atoms with Crippen LogP contribution in [-0.2, 0) is 4.74 Å². The zero-order valence-corrected chi connectivity index (χ0v) is 15.4. The maximum atomic E-state index is 12.2. The van der Waals surface area contributed by atoms with E-state index in [2.05, 4.69) is 15.6 Å². The average molecular weight is 366 g/mol. The monoisotopic (exact) mass is 366 g/mol. The van der Waals surface area contributed by atoms with Crippen molar-refractivity contribution >= 4 is 12.1 Å². The predicted molar refractivity (Wildman–Crippen MR) is 90.6 cm³/mol. The molecule has 0 aromatic carbocycles. The van der Waals surface area contributed by atoms with E-state index in [-0.39, 0.29) is 18.6 Å². The van der Waals surface area contributed by atoms with Gasteiger partial charge in [-0.05, 0) is 39.5 Å². The quantitative estimate of drug-likeness (QED) is 0.593. The first-order valence-electron chi connectivity index (χ1n) is 8.49. The smallest absolute Gasteiger partial charge is 0.410 e. The topological polar surface area (TPSA) is 66.0 Å². The van der Waals surface area contributed by atoms with E-state index in [1.807, 2.05) is 20.8 Å². The Morgan fingerprint density at radius 3 is 2.52 bits per heavy atom. The van der Waals surface area contributed by atoms with E-state index in [0.717, 1.165) is 12.8 Å². The van der Waals surface area contributed by atoms with Gasteiger partial charge in [-0.2, -0.15) is 13.2 Å². The number of hydrogen-bond acceptors (Lipinski definition) is 3. The van der Waals surface area contributed by atoms with Crippen molar-refractivity contribution in [2.75, 3.05) is 33.2 Å². The average Bonchev–Trinajstić information content (AvgIpc) is 2.48. The molecular weight excluding hydrogens is 337 g/mol. The molecule has 1 aliphatic heterocycles. The van der Waals surface area contributed by atoms with E-state index in [9.17, 15) is 18.0 Å². The summed E-state index contributed by atoms with van der Waals surface area (Å²) >= 11 is 0. The lowest BCUT2D eigenvalue weighted by Crippen LogP contribution is -2.47. The van der Waals surface area contributed by atoms with E-state index in [1.165, 1.54) is 7.05 Å². The van der Waals surface area contributed by atoms with Crippen LogP contribution in [0.1, 0.15) is 40.0 Å². The summed E-state index contributed by atoms with van der Waals surface area (Å²) in [6.07, 6.45) is -3.63. The van der Waals surface area contributed by atoms with Crippen molar-refractivity contribution in [1.82, 2.24) is 15.5 Å². The zero-order valence-electron chi connectivity index (χ0n) is 15.4. The Hall–Kier alpha value is -1.67. The summed E-state index contributed by atoms with van der Waals surface area (Å²) in [5, 5.41) is 5.67. The van der Waals surface area contributed by atoms with Gasteiger partial charge in [0.15, 0.2) is 5.96 Å². The summed E-state index contributed by atoms with van der Waals surface area (Å²) in [4.78, 5) is 17.7. The van der Waals surface area contributed by atoms with Crippen LogP contribution in [0.15, 0.2) is 4.99 Å². The molecule has 1 aliphatic rings. The van der Waals surface area contributed by atoms with E-state index in [1.54, 1.807) is 4.90 Å². The normalized spacial score (nSPS) is 19.6. The van der Waals surface area contributed by atoms with Crippen molar-refractivity contribution in [2.45, 2.75) is 51.8 Å². The molecule has 1 atom stereocenters. The fourth-order valence-corrected chi connectivity index (χ4v) is 2.51. The minimum absolute atomic E-state index is 0.197. The molecule has 6 nitrogen and oxygen atoms in total. The number of nitrogens with one attached hydrogen (secondary N) is 2. The number of ether oxygens (including phenoxy) is 1. The van der Waals surface area contributed by atoms with Gasteiger partial charge in [-0.25, -0.2) is 4.79 Å². The van der Waals surface area contributed by atoms with Crippen LogP contribution in [0.25, 0.3) is 0 Å². The zero-order chi connectivity index (χ0) is 19.1. The van der Waals surface area contributed by atoms with Gasteiger partial charge in [-0.3, -0.25) is 4.99 Å². The lowest BCUT2D eigenvalue weighted by atomic mass is 9.98. The van der Waals surface area contributed by atoms with Gasteiger partial charge >= 0.3 is 12.3 Å². The molecule has 1 fully saturated rings. The summed E-state index contributed by atoms with van der Waals surface area (Å²) in [5.74, 6) is 0.529. The maximum Gasteiger partial charge on any atom is 0.410 e. The van der Waals surface area contributed by atoms with Gasteiger partial charge in [0.1, 0.15) is 5.60 Å². The molecule has 0 saturated carbocycles. The number of piperidine rings is 1. The van der Waals surface area contributed by atoms with Crippen molar-refractivity contribution in [3.05, 3.63) is 0 Å². The summed E-state index contributed by atoms with van der Waals surface area (Å²) in [6.45, 7) is 6.99. The molecule has 0 aliphatic carbocycles. The molecule has 1 unspecified atom stereocenters. The van der Waals surface area contributed by atoms with Crippen LogP contribution >= 0.6 is 0 Å². The number of likely N-dealkylation sites (tertiary alicyclic amines) is 1. The number of amides is 1. The Morgan fingerprint density at radius 2 is 1.96 bits per heavy atom. The van der Waals surface area contributed by atoms with E-state index < -0.39 is 18.2 Å². The molecule has 0 aromatic rings. The number of hydrogen-bond donors (Lipinski definition) is 2. The number of carbonyl (C=O) groups is 1. The molecule has 0 spiro atoms. The summed E-state index contributed by atoms with van der Waals surface area (Å²) in [7, 11) is 1.51. The van der Waals surface area contributed by atoms with Crippen molar-refractivity contribution in [1.29, 1.82) is 0 Å². The minimum Gasteiger partial charge on any atom is -0.444 e. The minimum atomic E-state index is -4.19. The number of rotatable bonds is 4. The molecule has 25 heavy (non-hydrogen) atoms. The predicted octanol–water partition coefficient (Wildman–Crippen LogP) is 2.75. The highest BCUT2D eigenvalue weighted by Crippen LogP contribution is 2.19. The van der Waals surface area contributed by atoms with Crippen molar-refractivity contribution in [3.63, 3.8) is 0 Å². The maximum absolute atomic E-state index is 12.2. The Kier molecular flexibility index (Phi) is 7.82. The Labute approximate surface area is 147 Å². The summed E-state index contributed by atoms with van der Waals surface area (Å²) in [6, 6.07) is 0. The van der Waals surface area contributed by atoms with Gasteiger partial charge in [0.25, 0.3) is 0 Å². The number of aliphatic imine (C=N–C) groups is 1. The summed E-state index contributed by atoms with van der Waals surface area (Å²) < 4.78 is 41.9. The third-order valence-electron chi connectivity index (χ3n) is 3.65. The highest BCUT2D eigenvalue weighted by atomic mass is 19.4. The van der Waals surface area contributed by atoms with Crippen molar-refractivity contribution < 1.29 is 22.7 Å². The number of nitrogens with zero attached hydrogens (tertiary/aromatic N) is 2. The highest BCUT2D eigenvalue weighted by molar-refractivity contribution is 5.79. The van der Waals surface area contributed by atoms with Crippen LogP contribution < -0.4 is 10.6 Å². The third-order valence-corrected chi connectivity index (χ3v) is 3.65. The van der Waals surface area contributed by atoms with Crippen molar-refractivity contribution in [2.24, 2.45) is 10.9 Å². The molecule has 1 saturated heterocycles. The molecule has 0 bridgehead atoms. The van der Waals surface area contributed by atoms with Crippen LogP contribution in [0.3, 0.4) is 0 Å². The standard InChI is InChI=1S/C16H29F3N4O2/c1-15(2,3)25-14(24)23-9-5-6-12(11-23)10-22-13(20-4)21-8-7-16(17,18)19/h12H,5-11H2,1-4H3,(H2,20,21,22). The van der Waals surface area contributed by atoms with E-state index >= 15 is 0 Å². The van der Waals surface area contributed by atoms with Gasteiger partial charge in [0, 0.05) is 33.2 Å². The van der Waals surface area contributed by atoms with E-state index in [0.29, 0.717) is 25.6 Å². The summed E-state index contributed by atoms with van der Waals surface area (Å²) in [5.41, 5.74) is -0.535. The van der Waals surface area contributed by atoms with Gasteiger partial charge in [-0.15, -0.1) is 0 Å². The second kappa shape index (κ2) is 9.15. The Balaban J connectivity index is 2.39. The number of halogens is 3.